The Balaban J connectivity index is 2.29. The van der Waals surface area contributed by atoms with Crippen LogP contribution in [-0.2, 0) is 0 Å². The first-order valence-corrected chi connectivity index (χ1v) is 6.88. The summed E-state index contributed by atoms with van der Waals surface area (Å²) in [5.41, 5.74) is 2.95. The van der Waals surface area contributed by atoms with E-state index in [4.69, 9.17) is 5.11 Å². The molecule has 0 aliphatic rings. The van der Waals surface area contributed by atoms with Gasteiger partial charge in [-0.3, -0.25) is 0 Å². The van der Waals surface area contributed by atoms with Crippen molar-refractivity contribution >= 4 is 17.0 Å². The van der Waals surface area contributed by atoms with E-state index in [0.29, 0.717) is 5.52 Å². The van der Waals surface area contributed by atoms with Gasteiger partial charge in [0, 0.05) is 11.6 Å². The Hall–Kier alpha value is -2.62. The first-order valence-electron chi connectivity index (χ1n) is 6.88. The van der Waals surface area contributed by atoms with Crippen molar-refractivity contribution in [2.45, 2.75) is 19.9 Å². The predicted molar refractivity (Wildman–Crippen MR) is 82.5 cm³/mol. The van der Waals surface area contributed by atoms with Crippen LogP contribution in [0.3, 0.4) is 0 Å². The van der Waals surface area contributed by atoms with Crippen molar-refractivity contribution in [1.82, 2.24) is 9.55 Å². The number of carbonyl (C=O) groups is 1. The summed E-state index contributed by atoms with van der Waals surface area (Å²) in [6.07, 6.45) is 0. The van der Waals surface area contributed by atoms with Gasteiger partial charge >= 0.3 is 5.97 Å². The summed E-state index contributed by atoms with van der Waals surface area (Å²) in [4.78, 5) is 15.8. The Bertz CT molecular complexity index is 804. The number of carboxylic acid groups (broad SMARTS) is 1. The molecule has 0 unspecified atom stereocenters. The highest BCUT2D eigenvalue weighted by Gasteiger charge is 2.16. The van der Waals surface area contributed by atoms with Crippen LogP contribution in [0.4, 0.5) is 0 Å². The van der Waals surface area contributed by atoms with E-state index in [1.54, 1.807) is 12.1 Å². The van der Waals surface area contributed by atoms with Crippen LogP contribution in [-0.4, -0.2) is 20.6 Å². The lowest BCUT2D eigenvalue weighted by Gasteiger charge is -2.13. The van der Waals surface area contributed by atoms with E-state index in [1.807, 2.05) is 36.4 Å². The molecule has 1 heterocycles. The monoisotopic (exact) mass is 280 g/mol. The standard InChI is InChI=1S/C17H16N2O2/c1-11(2)19-15-9-8-13(17(20)21)10-14(15)18-16(19)12-6-4-3-5-7-12/h3-11H,1-2H3,(H,20,21). The summed E-state index contributed by atoms with van der Waals surface area (Å²) >= 11 is 0. The Morgan fingerprint density at radius 1 is 1.14 bits per heavy atom. The van der Waals surface area contributed by atoms with Gasteiger partial charge in [0.15, 0.2) is 0 Å². The van der Waals surface area contributed by atoms with Gasteiger partial charge in [0.05, 0.1) is 16.6 Å². The molecule has 106 valence electrons. The van der Waals surface area contributed by atoms with Gasteiger partial charge in [-0.2, -0.15) is 0 Å². The van der Waals surface area contributed by atoms with Gasteiger partial charge in [-0.25, -0.2) is 9.78 Å². The third-order valence-electron chi connectivity index (χ3n) is 3.48. The van der Waals surface area contributed by atoms with E-state index in [1.165, 1.54) is 0 Å². The van der Waals surface area contributed by atoms with Crippen molar-refractivity contribution in [3.63, 3.8) is 0 Å². The molecule has 0 amide bonds. The van der Waals surface area contributed by atoms with Gasteiger partial charge in [-0.05, 0) is 32.0 Å². The molecule has 4 nitrogen and oxygen atoms in total. The van der Waals surface area contributed by atoms with E-state index in [0.717, 1.165) is 16.9 Å². The van der Waals surface area contributed by atoms with Crippen LogP contribution >= 0.6 is 0 Å². The highest BCUT2D eigenvalue weighted by atomic mass is 16.4. The Morgan fingerprint density at radius 2 is 1.86 bits per heavy atom. The minimum Gasteiger partial charge on any atom is -0.478 e. The third-order valence-corrected chi connectivity index (χ3v) is 3.48. The second-order valence-corrected chi connectivity index (χ2v) is 5.27. The summed E-state index contributed by atoms with van der Waals surface area (Å²) in [6.45, 7) is 4.19. The normalized spacial score (nSPS) is 11.2. The number of imidazole rings is 1. The minimum absolute atomic E-state index is 0.237. The van der Waals surface area contributed by atoms with Gasteiger partial charge in [0.1, 0.15) is 5.82 Å². The fourth-order valence-electron chi connectivity index (χ4n) is 2.55. The number of hydrogen-bond acceptors (Lipinski definition) is 2. The second kappa shape index (κ2) is 5.05. The third kappa shape index (κ3) is 2.29. The zero-order valence-electron chi connectivity index (χ0n) is 11.9. The molecule has 0 saturated heterocycles. The van der Waals surface area contributed by atoms with Crippen molar-refractivity contribution in [3.05, 3.63) is 54.1 Å². The van der Waals surface area contributed by atoms with Gasteiger partial charge in [-0.1, -0.05) is 30.3 Å². The Kier molecular flexibility index (Phi) is 3.22. The molecule has 1 aromatic heterocycles. The van der Waals surface area contributed by atoms with Crippen LogP contribution in [0.2, 0.25) is 0 Å². The fraction of sp³-hybridized carbons (Fsp3) is 0.176. The molecule has 0 radical (unpaired) electrons. The van der Waals surface area contributed by atoms with Crippen LogP contribution < -0.4 is 0 Å². The summed E-state index contributed by atoms with van der Waals surface area (Å²) in [6, 6.07) is 15.3. The van der Waals surface area contributed by atoms with Crippen molar-refractivity contribution < 1.29 is 9.90 Å². The first-order chi connectivity index (χ1) is 10.1. The summed E-state index contributed by atoms with van der Waals surface area (Å²) < 4.78 is 2.14. The number of hydrogen-bond donors (Lipinski definition) is 1. The maximum atomic E-state index is 11.1. The van der Waals surface area contributed by atoms with E-state index in [-0.39, 0.29) is 11.6 Å². The molecule has 0 atom stereocenters. The first kappa shape index (κ1) is 13.4. The van der Waals surface area contributed by atoms with E-state index >= 15 is 0 Å². The fourth-order valence-corrected chi connectivity index (χ4v) is 2.55. The summed E-state index contributed by atoms with van der Waals surface area (Å²) in [7, 11) is 0. The molecule has 0 fully saturated rings. The van der Waals surface area contributed by atoms with Gasteiger partial charge in [-0.15, -0.1) is 0 Å². The molecule has 4 heteroatoms. The zero-order chi connectivity index (χ0) is 15.0. The van der Waals surface area contributed by atoms with E-state index in [2.05, 4.69) is 23.4 Å². The molecule has 0 bridgehead atoms. The number of aromatic carboxylic acids is 1. The summed E-state index contributed by atoms with van der Waals surface area (Å²) in [5.74, 6) is -0.0691. The van der Waals surface area contributed by atoms with Crippen LogP contribution in [0.1, 0.15) is 30.2 Å². The Morgan fingerprint density at radius 3 is 2.48 bits per heavy atom. The van der Waals surface area contributed by atoms with Gasteiger partial charge in [0.25, 0.3) is 0 Å². The number of rotatable bonds is 3. The van der Waals surface area contributed by atoms with Crippen LogP contribution in [0.25, 0.3) is 22.4 Å². The number of benzene rings is 2. The molecular formula is C17H16N2O2. The smallest absolute Gasteiger partial charge is 0.335 e. The van der Waals surface area contributed by atoms with Crippen LogP contribution in [0.5, 0.6) is 0 Å². The minimum atomic E-state index is -0.933. The van der Waals surface area contributed by atoms with Crippen LogP contribution in [0.15, 0.2) is 48.5 Å². The number of nitrogens with zero attached hydrogens (tertiary/aromatic N) is 2. The highest BCUT2D eigenvalue weighted by Crippen LogP contribution is 2.28. The molecule has 2 aromatic carbocycles. The van der Waals surface area contributed by atoms with Gasteiger partial charge < -0.3 is 9.67 Å². The second-order valence-electron chi connectivity index (χ2n) is 5.27. The van der Waals surface area contributed by atoms with Gasteiger partial charge in [0.2, 0.25) is 0 Å². The molecule has 0 spiro atoms. The van der Waals surface area contributed by atoms with Crippen molar-refractivity contribution in [3.8, 4) is 11.4 Å². The van der Waals surface area contributed by atoms with E-state index < -0.39 is 5.97 Å². The summed E-state index contributed by atoms with van der Waals surface area (Å²) in [5, 5.41) is 9.11. The van der Waals surface area contributed by atoms with Crippen molar-refractivity contribution in [2.75, 3.05) is 0 Å². The quantitative estimate of drug-likeness (QED) is 0.789. The molecule has 3 rings (SSSR count). The zero-order valence-corrected chi connectivity index (χ0v) is 11.9. The maximum Gasteiger partial charge on any atom is 0.335 e. The topological polar surface area (TPSA) is 55.1 Å². The number of carboxylic acids is 1. The molecule has 1 N–H and O–H groups in total. The highest BCUT2D eigenvalue weighted by molar-refractivity contribution is 5.93. The van der Waals surface area contributed by atoms with Crippen molar-refractivity contribution in [1.29, 1.82) is 0 Å². The molecular weight excluding hydrogens is 264 g/mol. The van der Waals surface area contributed by atoms with Crippen LogP contribution in [0, 0.1) is 0 Å². The molecule has 21 heavy (non-hydrogen) atoms. The lowest BCUT2D eigenvalue weighted by molar-refractivity contribution is 0.0697. The largest absolute Gasteiger partial charge is 0.478 e. The average Bonchev–Trinajstić information content (AvgIpc) is 2.86. The predicted octanol–water partition coefficient (Wildman–Crippen LogP) is 3.98. The molecule has 0 saturated carbocycles. The lowest BCUT2D eigenvalue weighted by Crippen LogP contribution is -2.03. The average molecular weight is 280 g/mol. The van der Waals surface area contributed by atoms with E-state index in [9.17, 15) is 4.79 Å². The number of aromatic nitrogens is 2. The Labute approximate surface area is 122 Å². The lowest BCUT2D eigenvalue weighted by atomic mass is 10.2. The molecule has 0 aliphatic heterocycles. The number of fused-ring (bicyclic) bond motifs is 1. The maximum absolute atomic E-state index is 11.1. The SMILES string of the molecule is CC(C)n1c(-c2ccccc2)nc2cc(C(=O)O)ccc21. The molecule has 0 aliphatic carbocycles. The van der Waals surface area contributed by atoms with Crippen molar-refractivity contribution in [2.24, 2.45) is 0 Å². The molecule has 3 aromatic rings.